The molecule has 0 saturated carbocycles. The first-order chi connectivity index (χ1) is 17.6. The van der Waals surface area contributed by atoms with Gasteiger partial charge in [-0.15, -0.1) is 11.3 Å². The highest BCUT2D eigenvalue weighted by Gasteiger charge is 2.55. The third-order valence-corrected chi connectivity index (χ3v) is 9.47. The van der Waals surface area contributed by atoms with Crippen LogP contribution in [0.1, 0.15) is 60.7 Å². The molecule has 6 rings (SSSR count). The zero-order chi connectivity index (χ0) is 24.7. The number of carbonyl (C=O) groups is 1. The number of piperidine rings is 1. The molecule has 1 N–H and O–H groups in total. The van der Waals surface area contributed by atoms with Gasteiger partial charge in [0.05, 0.1) is 24.1 Å². The molecular weight excluding hydrogens is 472 g/mol. The van der Waals surface area contributed by atoms with Gasteiger partial charge in [-0.2, -0.15) is 0 Å². The molecule has 0 spiro atoms. The van der Waals surface area contributed by atoms with Crippen LogP contribution in [0.3, 0.4) is 0 Å². The van der Waals surface area contributed by atoms with Gasteiger partial charge in [0.2, 0.25) is 0 Å². The van der Waals surface area contributed by atoms with Crippen LogP contribution in [0, 0.1) is 5.92 Å². The molecule has 5 heterocycles. The molecule has 3 aromatic rings. The zero-order valence-electron chi connectivity index (χ0n) is 21.0. The minimum absolute atomic E-state index is 0.169. The van der Waals surface area contributed by atoms with Crippen LogP contribution >= 0.6 is 11.3 Å². The molecule has 0 amide bonds. The number of nitrogens with one attached hydrogen (secondary N) is 1. The van der Waals surface area contributed by atoms with Crippen molar-refractivity contribution >= 4 is 33.3 Å². The number of hydrogen-bond donors (Lipinski definition) is 1. The average Bonchev–Trinajstić information content (AvgIpc) is 3.65. The molecule has 1 aromatic carbocycles. The van der Waals surface area contributed by atoms with Gasteiger partial charge in [0.25, 0.3) is 0 Å². The van der Waals surface area contributed by atoms with E-state index in [1.54, 1.807) is 6.33 Å². The summed E-state index contributed by atoms with van der Waals surface area (Å²) in [5.41, 5.74) is 1.17. The second kappa shape index (κ2) is 9.72. The highest BCUT2D eigenvalue weighted by molar-refractivity contribution is 7.20. The number of hydrogen-bond acceptors (Lipinski definition) is 8. The van der Waals surface area contributed by atoms with Crippen LogP contribution in [0.15, 0.2) is 42.7 Å². The van der Waals surface area contributed by atoms with Crippen molar-refractivity contribution in [2.75, 3.05) is 25.2 Å². The molecule has 5 unspecified atom stereocenters. The molecule has 2 aromatic heterocycles. The van der Waals surface area contributed by atoms with E-state index in [2.05, 4.69) is 52.5 Å². The van der Waals surface area contributed by atoms with Crippen molar-refractivity contribution in [3.05, 3.63) is 53.2 Å². The highest BCUT2D eigenvalue weighted by atomic mass is 32.1. The van der Waals surface area contributed by atoms with Gasteiger partial charge in [-0.1, -0.05) is 30.3 Å². The number of thiophene rings is 1. The van der Waals surface area contributed by atoms with Gasteiger partial charge in [-0.25, -0.2) is 14.8 Å². The maximum atomic E-state index is 12.3. The molecule has 3 aliphatic rings. The Morgan fingerprint density at radius 1 is 1.28 bits per heavy atom. The number of benzene rings is 1. The maximum absolute atomic E-state index is 12.3. The number of anilines is 1. The lowest BCUT2D eigenvalue weighted by molar-refractivity contribution is -0.0212. The van der Waals surface area contributed by atoms with Gasteiger partial charge in [-0.3, -0.25) is 0 Å². The molecule has 0 radical (unpaired) electrons. The number of ether oxygens (including phenoxy) is 2. The summed E-state index contributed by atoms with van der Waals surface area (Å²) < 4.78 is 11.5. The summed E-state index contributed by atoms with van der Waals surface area (Å²) in [5, 5.41) is 4.66. The van der Waals surface area contributed by atoms with E-state index in [9.17, 15) is 4.79 Å². The Bertz CT molecular complexity index is 1230. The standard InChI is InChI=1S/C28H34N4O3S/c1-3-35-24(22-10-7-13-29-22)18-14-20-11-12-28(16-18,19-8-5-4-6-9-19)32(20)25-21-15-23(27(33)34-2)36-26(21)31-17-30-25/h4-6,8-9,15,17-18,20,22,24,29H,3,7,10-14,16H2,1-2H3. The van der Waals surface area contributed by atoms with E-state index in [1.165, 1.54) is 36.9 Å². The summed E-state index contributed by atoms with van der Waals surface area (Å²) in [4.78, 5) is 25.6. The van der Waals surface area contributed by atoms with Crippen molar-refractivity contribution in [2.45, 2.75) is 69.2 Å². The largest absolute Gasteiger partial charge is 0.465 e. The lowest BCUT2D eigenvalue weighted by Crippen LogP contribution is -2.55. The van der Waals surface area contributed by atoms with Gasteiger partial charge >= 0.3 is 5.97 Å². The summed E-state index contributed by atoms with van der Waals surface area (Å²) in [6.45, 7) is 3.94. The first-order valence-corrected chi connectivity index (χ1v) is 14.0. The molecule has 5 atom stereocenters. The van der Waals surface area contributed by atoms with E-state index in [0.29, 0.717) is 22.9 Å². The van der Waals surface area contributed by atoms with E-state index < -0.39 is 0 Å². The molecule has 8 heteroatoms. The molecule has 3 fully saturated rings. The first-order valence-electron chi connectivity index (χ1n) is 13.2. The van der Waals surface area contributed by atoms with Crippen molar-refractivity contribution in [3.8, 4) is 0 Å². The number of fused-ring (bicyclic) bond motifs is 3. The molecular formula is C28H34N4O3S. The minimum atomic E-state index is -0.327. The van der Waals surface area contributed by atoms with Crippen molar-refractivity contribution in [1.29, 1.82) is 0 Å². The Morgan fingerprint density at radius 2 is 2.14 bits per heavy atom. The smallest absolute Gasteiger partial charge is 0.348 e. The Balaban J connectivity index is 1.45. The highest BCUT2D eigenvalue weighted by Crippen LogP contribution is 2.56. The third kappa shape index (κ3) is 3.90. The Kier molecular flexibility index (Phi) is 6.44. The molecule has 7 nitrogen and oxygen atoms in total. The molecule has 190 valence electrons. The summed E-state index contributed by atoms with van der Waals surface area (Å²) >= 11 is 1.37. The first kappa shape index (κ1) is 23.8. The van der Waals surface area contributed by atoms with E-state index in [0.717, 1.165) is 54.9 Å². The van der Waals surface area contributed by atoms with Crippen LogP contribution in [-0.2, 0) is 15.0 Å². The zero-order valence-corrected chi connectivity index (χ0v) is 21.8. The SMILES string of the molecule is CCOC(C1CC2CCC(c3ccccc3)(C1)N2c1ncnc2sc(C(=O)OC)cc12)C1CCCN1. The fraction of sp³-hybridized carbons (Fsp3) is 0.536. The van der Waals surface area contributed by atoms with E-state index in [1.807, 2.05) is 6.07 Å². The van der Waals surface area contributed by atoms with Crippen molar-refractivity contribution in [2.24, 2.45) is 5.92 Å². The predicted octanol–water partition coefficient (Wildman–Crippen LogP) is 4.91. The van der Waals surface area contributed by atoms with Crippen LogP contribution in [-0.4, -0.2) is 54.4 Å². The normalized spacial score (nSPS) is 28.5. The number of methoxy groups -OCH3 is 1. The lowest BCUT2D eigenvalue weighted by atomic mass is 9.73. The van der Waals surface area contributed by atoms with E-state index >= 15 is 0 Å². The average molecular weight is 507 g/mol. The van der Waals surface area contributed by atoms with Gasteiger partial charge in [-0.05, 0) is 69.5 Å². The molecule has 3 saturated heterocycles. The second-order valence-corrected chi connectivity index (χ2v) is 11.3. The van der Waals surface area contributed by atoms with Crippen LogP contribution < -0.4 is 10.2 Å². The Morgan fingerprint density at radius 3 is 2.89 bits per heavy atom. The van der Waals surface area contributed by atoms with Crippen molar-refractivity contribution in [3.63, 3.8) is 0 Å². The van der Waals surface area contributed by atoms with Crippen molar-refractivity contribution < 1.29 is 14.3 Å². The maximum Gasteiger partial charge on any atom is 0.348 e. The summed E-state index contributed by atoms with van der Waals surface area (Å²) in [6.07, 6.45) is 8.57. The summed E-state index contributed by atoms with van der Waals surface area (Å²) in [5.74, 6) is 1.07. The fourth-order valence-corrected chi connectivity index (χ4v) is 7.98. The predicted molar refractivity (Wildman–Crippen MR) is 142 cm³/mol. The monoisotopic (exact) mass is 506 g/mol. The van der Waals surface area contributed by atoms with Crippen LogP contribution in [0.25, 0.3) is 10.2 Å². The second-order valence-electron chi connectivity index (χ2n) is 10.3. The molecule has 36 heavy (non-hydrogen) atoms. The Labute approximate surface area is 216 Å². The van der Waals surface area contributed by atoms with Crippen LogP contribution in [0.5, 0.6) is 0 Å². The number of carbonyl (C=O) groups excluding carboxylic acids is 1. The van der Waals surface area contributed by atoms with Crippen LogP contribution in [0.2, 0.25) is 0 Å². The minimum Gasteiger partial charge on any atom is -0.465 e. The molecule has 2 bridgehead atoms. The van der Waals surface area contributed by atoms with Gasteiger partial charge in [0, 0.05) is 18.7 Å². The Hall–Kier alpha value is -2.55. The third-order valence-electron chi connectivity index (χ3n) is 8.45. The number of nitrogens with zero attached hydrogens (tertiary/aromatic N) is 3. The number of esters is 1. The lowest BCUT2D eigenvalue weighted by Gasteiger charge is -2.51. The summed E-state index contributed by atoms with van der Waals surface area (Å²) in [7, 11) is 1.42. The van der Waals surface area contributed by atoms with Gasteiger partial charge in [0.1, 0.15) is 21.9 Å². The molecule has 0 aliphatic carbocycles. The number of rotatable bonds is 7. The van der Waals surface area contributed by atoms with Crippen LogP contribution in [0.4, 0.5) is 5.82 Å². The van der Waals surface area contributed by atoms with Gasteiger partial charge < -0.3 is 19.7 Å². The fourth-order valence-electron chi connectivity index (χ4n) is 7.07. The summed E-state index contributed by atoms with van der Waals surface area (Å²) in [6, 6.07) is 13.6. The van der Waals surface area contributed by atoms with E-state index in [-0.39, 0.29) is 17.6 Å². The topological polar surface area (TPSA) is 76.6 Å². The van der Waals surface area contributed by atoms with Crippen molar-refractivity contribution in [1.82, 2.24) is 15.3 Å². The molecule has 3 aliphatic heterocycles. The number of aromatic nitrogens is 2. The van der Waals surface area contributed by atoms with Gasteiger partial charge in [0.15, 0.2) is 0 Å². The van der Waals surface area contributed by atoms with E-state index in [4.69, 9.17) is 14.5 Å². The quantitative estimate of drug-likeness (QED) is 0.456.